The fourth-order valence-electron chi connectivity index (χ4n) is 2.61. The summed E-state index contributed by atoms with van der Waals surface area (Å²) >= 11 is 0. The van der Waals surface area contributed by atoms with Crippen LogP contribution in [0.4, 0.5) is 0 Å². The van der Waals surface area contributed by atoms with E-state index in [2.05, 4.69) is 10.2 Å². The van der Waals surface area contributed by atoms with Gasteiger partial charge in [0.15, 0.2) is 0 Å². The van der Waals surface area contributed by atoms with Gasteiger partial charge in [0, 0.05) is 39.6 Å². The molecule has 1 aromatic rings. The van der Waals surface area contributed by atoms with Crippen LogP contribution >= 0.6 is 0 Å². The van der Waals surface area contributed by atoms with Crippen molar-refractivity contribution in [2.24, 2.45) is 0 Å². The van der Waals surface area contributed by atoms with E-state index in [1.807, 2.05) is 36.1 Å². The fourth-order valence-corrected chi connectivity index (χ4v) is 2.61. The first-order chi connectivity index (χ1) is 10.5. The highest BCUT2D eigenvalue weighted by Crippen LogP contribution is 2.04. The van der Waals surface area contributed by atoms with Crippen LogP contribution in [0.5, 0.6) is 0 Å². The first-order valence-electron chi connectivity index (χ1n) is 7.85. The van der Waals surface area contributed by atoms with E-state index < -0.39 is 0 Å². The first-order valence-corrected chi connectivity index (χ1v) is 7.85. The van der Waals surface area contributed by atoms with Crippen LogP contribution in [0.15, 0.2) is 24.3 Å². The Morgan fingerprint density at radius 3 is 2.50 bits per heavy atom. The van der Waals surface area contributed by atoms with Crippen molar-refractivity contribution in [3.8, 4) is 0 Å². The zero-order valence-electron chi connectivity index (χ0n) is 13.5. The third-order valence-electron chi connectivity index (χ3n) is 4.01. The van der Waals surface area contributed by atoms with Crippen molar-refractivity contribution in [3.63, 3.8) is 0 Å². The number of amides is 2. The average Bonchev–Trinajstić information content (AvgIpc) is 2.72. The lowest BCUT2D eigenvalue weighted by molar-refractivity contribution is -0.128. The van der Waals surface area contributed by atoms with Crippen molar-refractivity contribution >= 4 is 11.8 Å². The largest absolute Gasteiger partial charge is 0.351 e. The molecular weight excluding hydrogens is 278 g/mol. The number of rotatable bonds is 4. The summed E-state index contributed by atoms with van der Waals surface area (Å²) in [6, 6.07) is 8.16. The molecule has 0 saturated carbocycles. The predicted octanol–water partition coefficient (Wildman–Crippen LogP) is 1.17. The van der Waals surface area contributed by atoms with Gasteiger partial charge >= 0.3 is 0 Å². The van der Waals surface area contributed by atoms with E-state index in [1.165, 1.54) is 5.56 Å². The van der Waals surface area contributed by atoms with Gasteiger partial charge in [0.05, 0.1) is 6.54 Å². The molecular formula is C17H25N3O2. The van der Waals surface area contributed by atoms with Gasteiger partial charge in [-0.05, 0) is 18.9 Å². The molecule has 0 atom stereocenters. The molecule has 120 valence electrons. The molecule has 2 rings (SSSR count). The topological polar surface area (TPSA) is 52.7 Å². The van der Waals surface area contributed by atoms with Crippen molar-refractivity contribution < 1.29 is 9.59 Å². The first kappa shape index (κ1) is 16.5. The Bertz CT molecular complexity index is 513. The molecule has 5 nitrogen and oxygen atoms in total. The van der Waals surface area contributed by atoms with E-state index in [9.17, 15) is 9.59 Å². The van der Waals surface area contributed by atoms with Crippen molar-refractivity contribution in [1.82, 2.24) is 15.1 Å². The van der Waals surface area contributed by atoms with Crippen molar-refractivity contribution in [1.29, 1.82) is 0 Å². The maximum atomic E-state index is 12.0. The lowest BCUT2D eigenvalue weighted by atomic mass is 10.1. The quantitative estimate of drug-likeness (QED) is 0.908. The van der Waals surface area contributed by atoms with E-state index in [4.69, 9.17) is 0 Å². The molecule has 0 radical (unpaired) electrons. The number of nitrogens with zero attached hydrogens (tertiary/aromatic N) is 2. The second kappa shape index (κ2) is 7.94. The second-order valence-electron chi connectivity index (χ2n) is 5.90. The van der Waals surface area contributed by atoms with E-state index in [0.717, 1.165) is 31.6 Å². The molecule has 0 bridgehead atoms. The minimum Gasteiger partial charge on any atom is -0.351 e. The molecule has 0 aromatic heterocycles. The minimum atomic E-state index is 0.0388. The van der Waals surface area contributed by atoms with E-state index in [-0.39, 0.29) is 11.8 Å². The van der Waals surface area contributed by atoms with Crippen LogP contribution in [0.2, 0.25) is 0 Å². The second-order valence-corrected chi connectivity index (χ2v) is 5.90. The van der Waals surface area contributed by atoms with E-state index in [1.54, 1.807) is 6.92 Å². The number of hydrogen-bond acceptors (Lipinski definition) is 3. The Morgan fingerprint density at radius 2 is 1.82 bits per heavy atom. The van der Waals surface area contributed by atoms with E-state index in [0.29, 0.717) is 19.6 Å². The van der Waals surface area contributed by atoms with Crippen LogP contribution in [0, 0.1) is 6.92 Å². The third-order valence-corrected chi connectivity index (χ3v) is 4.01. The van der Waals surface area contributed by atoms with Crippen molar-refractivity contribution in [3.05, 3.63) is 35.4 Å². The van der Waals surface area contributed by atoms with Crippen LogP contribution in [0.1, 0.15) is 24.5 Å². The summed E-state index contributed by atoms with van der Waals surface area (Å²) in [7, 11) is 0. The molecule has 0 spiro atoms. The van der Waals surface area contributed by atoms with Gasteiger partial charge in [-0.2, -0.15) is 0 Å². The lowest BCUT2D eigenvalue weighted by Gasteiger charge is -2.20. The smallest absolute Gasteiger partial charge is 0.234 e. The molecule has 1 saturated heterocycles. The summed E-state index contributed by atoms with van der Waals surface area (Å²) in [4.78, 5) is 27.4. The van der Waals surface area contributed by atoms with Gasteiger partial charge in [-0.25, -0.2) is 0 Å². The molecule has 1 aliphatic rings. The van der Waals surface area contributed by atoms with Gasteiger partial charge in [-0.3, -0.25) is 14.5 Å². The van der Waals surface area contributed by atoms with Crippen LogP contribution in [0.3, 0.4) is 0 Å². The Balaban J connectivity index is 1.74. The Hall–Kier alpha value is -1.88. The highest BCUT2D eigenvalue weighted by molar-refractivity contribution is 5.78. The van der Waals surface area contributed by atoms with E-state index >= 15 is 0 Å². The summed E-state index contributed by atoms with van der Waals surface area (Å²) in [5.41, 5.74) is 2.33. The minimum absolute atomic E-state index is 0.0388. The number of nitrogens with one attached hydrogen (secondary N) is 1. The fraction of sp³-hybridized carbons (Fsp3) is 0.529. The molecule has 5 heteroatoms. The van der Waals surface area contributed by atoms with Crippen molar-refractivity contribution in [2.75, 3.05) is 32.7 Å². The van der Waals surface area contributed by atoms with Crippen molar-refractivity contribution in [2.45, 2.75) is 26.8 Å². The van der Waals surface area contributed by atoms with Gasteiger partial charge in [0.2, 0.25) is 11.8 Å². The molecule has 1 fully saturated rings. The van der Waals surface area contributed by atoms with Crippen LogP contribution in [-0.4, -0.2) is 54.3 Å². The van der Waals surface area contributed by atoms with Gasteiger partial charge in [-0.1, -0.05) is 29.8 Å². The van der Waals surface area contributed by atoms with Crippen LogP contribution < -0.4 is 5.32 Å². The Kier molecular flexibility index (Phi) is 5.95. The summed E-state index contributed by atoms with van der Waals surface area (Å²) in [6.45, 7) is 7.73. The molecule has 1 N–H and O–H groups in total. The Morgan fingerprint density at radius 1 is 1.09 bits per heavy atom. The number of benzene rings is 1. The highest BCUT2D eigenvalue weighted by atomic mass is 16.2. The van der Waals surface area contributed by atoms with Gasteiger partial charge in [0.25, 0.3) is 0 Å². The maximum Gasteiger partial charge on any atom is 0.234 e. The Labute approximate surface area is 132 Å². The molecule has 22 heavy (non-hydrogen) atoms. The molecule has 1 heterocycles. The summed E-state index contributed by atoms with van der Waals surface area (Å²) in [6.07, 6.45) is 0.921. The zero-order valence-corrected chi connectivity index (χ0v) is 13.5. The third kappa shape index (κ3) is 5.15. The lowest BCUT2D eigenvalue weighted by Crippen LogP contribution is -2.39. The maximum absolute atomic E-state index is 12.0. The number of aryl methyl sites for hydroxylation is 1. The number of carbonyl (C=O) groups is 2. The predicted molar refractivity (Wildman–Crippen MR) is 86.3 cm³/mol. The molecule has 1 aliphatic heterocycles. The number of hydrogen-bond donors (Lipinski definition) is 1. The van der Waals surface area contributed by atoms with Gasteiger partial charge in [0.1, 0.15) is 0 Å². The zero-order chi connectivity index (χ0) is 15.9. The normalized spacial score (nSPS) is 16.2. The summed E-state index contributed by atoms with van der Waals surface area (Å²) in [5.74, 6) is 0.155. The summed E-state index contributed by atoms with van der Waals surface area (Å²) in [5, 5.41) is 2.96. The highest BCUT2D eigenvalue weighted by Gasteiger charge is 2.18. The summed E-state index contributed by atoms with van der Waals surface area (Å²) < 4.78 is 0. The van der Waals surface area contributed by atoms with Crippen LogP contribution in [0.25, 0.3) is 0 Å². The molecule has 0 unspecified atom stereocenters. The molecule has 0 aliphatic carbocycles. The molecule has 1 aromatic carbocycles. The number of carbonyl (C=O) groups excluding carboxylic acids is 2. The standard InChI is InChI=1S/C17H25N3O2/c1-14-4-6-16(7-5-14)12-18-17(22)13-19-8-3-9-20(11-10-19)15(2)21/h4-7H,3,8-13H2,1-2H3,(H,18,22). The molecule has 2 amide bonds. The SMILES string of the molecule is CC(=O)N1CCCN(CC(=O)NCc2ccc(C)cc2)CC1. The monoisotopic (exact) mass is 303 g/mol. The van der Waals surface area contributed by atoms with Gasteiger partial charge in [-0.15, -0.1) is 0 Å². The van der Waals surface area contributed by atoms with Gasteiger partial charge < -0.3 is 10.2 Å². The van der Waals surface area contributed by atoms with Crippen LogP contribution in [-0.2, 0) is 16.1 Å². The average molecular weight is 303 g/mol.